The Morgan fingerprint density at radius 2 is 2.24 bits per heavy atom. The van der Waals surface area contributed by atoms with E-state index in [2.05, 4.69) is 20.3 Å². The van der Waals surface area contributed by atoms with Crippen LogP contribution >= 0.6 is 11.3 Å². The lowest BCUT2D eigenvalue weighted by Gasteiger charge is -2.36. The van der Waals surface area contributed by atoms with E-state index in [4.69, 9.17) is 10.8 Å². The van der Waals surface area contributed by atoms with Crippen molar-refractivity contribution in [2.24, 2.45) is 5.16 Å². The third kappa shape index (κ3) is 3.94. The maximum atomic E-state index is 12.2. The first kappa shape index (κ1) is 18.4. The number of nitrogen functional groups attached to an aromatic ring is 1. The first-order valence-electron chi connectivity index (χ1n) is 6.36. The van der Waals surface area contributed by atoms with Gasteiger partial charge in [-0.2, -0.15) is 8.42 Å². The monoisotopic (exact) mass is 392 g/mol. The summed E-state index contributed by atoms with van der Waals surface area (Å²) in [6, 6.07) is -1.17. The number of nitrogens with two attached hydrogens (primary N) is 1. The minimum absolute atomic E-state index is 0.116. The SMILES string of the molecule is CO/N=C(\C(=O)NC1CN(S(=O)(=O)NC(=O)O)C1=O)c1csc(N)n1. The number of hydrogen-bond donors (Lipinski definition) is 4. The molecule has 0 radical (unpaired) electrons. The molecule has 1 aromatic heterocycles. The molecule has 0 aromatic carbocycles. The molecule has 136 valence electrons. The lowest BCUT2D eigenvalue weighted by Crippen LogP contribution is -2.67. The van der Waals surface area contributed by atoms with E-state index in [1.807, 2.05) is 0 Å². The predicted molar refractivity (Wildman–Crippen MR) is 83.8 cm³/mol. The van der Waals surface area contributed by atoms with Crippen LogP contribution in [0.15, 0.2) is 10.5 Å². The molecule has 0 aliphatic carbocycles. The molecule has 2 rings (SSSR count). The smallest absolute Gasteiger partial charge is 0.419 e. The van der Waals surface area contributed by atoms with Gasteiger partial charge in [0.15, 0.2) is 10.8 Å². The molecular weight excluding hydrogens is 380 g/mol. The Morgan fingerprint density at radius 1 is 1.56 bits per heavy atom. The summed E-state index contributed by atoms with van der Waals surface area (Å²) in [4.78, 5) is 42.9. The van der Waals surface area contributed by atoms with Crippen molar-refractivity contribution in [1.82, 2.24) is 19.3 Å². The molecule has 1 aliphatic heterocycles. The van der Waals surface area contributed by atoms with Crippen molar-refractivity contribution >= 4 is 50.3 Å². The van der Waals surface area contributed by atoms with Crippen LogP contribution < -0.4 is 15.8 Å². The molecule has 1 unspecified atom stereocenters. The number of amides is 3. The number of aromatic nitrogens is 1. The molecule has 13 nitrogen and oxygen atoms in total. The summed E-state index contributed by atoms with van der Waals surface area (Å²) >= 11 is 1.06. The molecule has 0 spiro atoms. The van der Waals surface area contributed by atoms with Crippen LogP contribution in [0, 0.1) is 0 Å². The van der Waals surface area contributed by atoms with Crippen molar-refractivity contribution in [2.45, 2.75) is 6.04 Å². The van der Waals surface area contributed by atoms with E-state index in [0.717, 1.165) is 11.3 Å². The zero-order valence-electron chi connectivity index (χ0n) is 12.5. The van der Waals surface area contributed by atoms with Crippen LogP contribution in [0.3, 0.4) is 0 Å². The topological polar surface area (TPSA) is 193 Å². The van der Waals surface area contributed by atoms with Crippen LogP contribution in [0.4, 0.5) is 9.93 Å². The van der Waals surface area contributed by atoms with Gasteiger partial charge in [-0.15, -0.1) is 11.3 Å². The van der Waals surface area contributed by atoms with Gasteiger partial charge in [-0.3, -0.25) is 9.59 Å². The van der Waals surface area contributed by atoms with Gasteiger partial charge >= 0.3 is 16.3 Å². The second kappa shape index (κ2) is 6.89. The van der Waals surface area contributed by atoms with Crippen molar-refractivity contribution in [1.29, 1.82) is 0 Å². The Kier molecular flexibility index (Phi) is 5.07. The quantitative estimate of drug-likeness (QED) is 0.239. The van der Waals surface area contributed by atoms with Gasteiger partial charge in [0.2, 0.25) is 0 Å². The van der Waals surface area contributed by atoms with E-state index in [-0.39, 0.29) is 20.8 Å². The summed E-state index contributed by atoms with van der Waals surface area (Å²) in [5.41, 5.74) is 5.34. The third-order valence-electron chi connectivity index (χ3n) is 2.87. The summed E-state index contributed by atoms with van der Waals surface area (Å²) in [6.07, 6.45) is -1.84. The van der Waals surface area contributed by atoms with Crippen molar-refractivity contribution in [2.75, 3.05) is 19.4 Å². The highest BCUT2D eigenvalue weighted by Gasteiger charge is 2.46. The second-order valence-corrected chi connectivity index (χ2v) is 6.99. The zero-order valence-corrected chi connectivity index (χ0v) is 14.1. The van der Waals surface area contributed by atoms with Crippen LogP contribution in [0.1, 0.15) is 5.69 Å². The molecule has 25 heavy (non-hydrogen) atoms. The van der Waals surface area contributed by atoms with Crippen molar-refractivity contribution < 1.29 is 32.7 Å². The molecule has 1 atom stereocenters. The highest BCUT2D eigenvalue weighted by atomic mass is 32.2. The summed E-state index contributed by atoms with van der Waals surface area (Å²) in [7, 11) is -3.32. The van der Waals surface area contributed by atoms with E-state index < -0.39 is 40.7 Å². The number of rotatable bonds is 6. The number of oxime groups is 1. The molecular formula is C10H12N6O7S2. The molecule has 1 fully saturated rings. The maximum Gasteiger partial charge on any atom is 0.419 e. The Balaban J connectivity index is 2.06. The van der Waals surface area contributed by atoms with E-state index in [1.165, 1.54) is 17.2 Å². The maximum absolute atomic E-state index is 12.2. The number of hydrogen-bond acceptors (Lipinski definition) is 10. The number of carbonyl (C=O) groups excluding carboxylic acids is 2. The molecule has 0 saturated carbocycles. The fourth-order valence-electron chi connectivity index (χ4n) is 1.80. The number of β-lactam (4-membered cyclic amide) rings is 1. The molecule has 5 N–H and O–H groups in total. The van der Waals surface area contributed by atoms with E-state index in [9.17, 15) is 22.8 Å². The van der Waals surface area contributed by atoms with E-state index in [0.29, 0.717) is 0 Å². The summed E-state index contributed by atoms with van der Waals surface area (Å²) in [5, 5.41) is 15.8. The number of nitrogens with zero attached hydrogens (tertiary/aromatic N) is 3. The molecule has 0 bridgehead atoms. The number of thiazole rings is 1. The van der Waals surface area contributed by atoms with Crippen LogP contribution in [0.5, 0.6) is 0 Å². The highest BCUT2D eigenvalue weighted by molar-refractivity contribution is 7.88. The fraction of sp³-hybridized carbons (Fsp3) is 0.300. The Morgan fingerprint density at radius 3 is 2.72 bits per heavy atom. The average molecular weight is 392 g/mol. The van der Waals surface area contributed by atoms with Gasteiger partial charge in [0.1, 0.15) is 18.8 Å². The van der Waals surface area contributed by atoms with Crippen LogP contribution in [0.25, 0.3) is 0 Å². The van der Waals surface area contributed by atoms with Crippen molar-refractivity contribution in [3.05, 3.63) is 11.1 Å². The van der Waals surface area contributed by atoms with Gasteiger partial charge in [-0.1, -0.05) is 5.16 Å². The zero-order chi connectivity index (χ0) is 18.8. The fourth-order valence-corrected chi connectivity index (χ4v) is 3.39. The Labute approximate surface area is 144 Å². The standard InChI is InChI=1S/C10H12N6O7S2/c1-23-14-6(5-3-24-9(11)13-5)7(17)12-4-2-16(8(4)18)25(21,22)15-10(19)20/h3-4,15H,2H2,1H3,(H2,11,13)(H,12,17)(H,19,20)/b14-6-. The average Bonchev–Trinajstić information content (AvgIpc) is 2.92. The second-order valence-electron chi connectivity index (χ2n) is 4.50. The minimum atomic E-state index is -4.52. The van der Waals surface area contributed by atoms with Crippen molar-refractivity contribution in [3.8, 4) is 0 Å². The van der Waals surface area contributed by atoms with Gasteiger partial charge in [0.05, 0.1) is 6.54 Å². The molecule has 15 heteroatoms. The third-order valence-corrected chi connectivity index (χ3v) is 4.88. The Hall–Kier alpha value is -2.94. The lowest BCUT2D eigenvalue weighted by molar-refractivity contribution is -0.139. The van der Waals surface area contributed by atoms with Gasteiger partial charge in [0, 0.05) is 5.38 Å². The Bertz CT molecular complexity index is 848. The van der Waals surface area contributed by atoms with Crippen LogP contribution in [-0.4, -0.2) is 66.1 Å². The number of anilines is 1. The molecule has 2 heterocycles. The number of carbonyl (C=O) groups is 3. The predicted octanol–water partition coefficient (Wildman–Crippen LogP) is -2.08. The van der Waals surface area contributed by atoms with Gasteiger partial charge < -0.3 is 21.0 Å². The van der Waals surface area contributed by atoms with Gasteiger partial charge in [0.25, 0.3) is 11.8 Å². The normalized spacial score (nSPS) is 17.6. The van der Waals surface area contributed by atoms with E-state index >= 15 is 0 Å². The molecule has 3 amide bonds. The van der Waals surface area contributed by atoms with Crippen LogP contribution in [0.2, 0.25) is 0 Å². The minimum Gasteiger partial charge on any atom is -0.464 e. The summed E-state index contributed by atoms with van der Waals surface area (Å²) in [6.45, 7) is -0.438. The van der Waals surface area contributed by atoms with Gasteiger partial charge in [-0.05, 0) is 0 Å². The largest absolute Gasteiger partial charge is 0.464 e. The number of carboxylic acid groups (broad SMARTS) is 1. The molecule has 1 saturated heterocycles. The first-order chi connectivity index (χ1) is 11.7. The van der Waals surface area contributed by atoms with E-state index in [1.54, 1.807) is 0 Å². The van der Waals surface area contributed by atoms with Crippen LogP contribution in [-0.2, 0) is 24.6 Å². The number of nitrogens with one attached hydrogen (secondary N) is 2. The first-order valence-corrected chi connectivity index (χ1v) is 8.68. The van der Waals surface area contributed by atoms with Gasteiger partial charge in [-0.25, -0.2) is 18.8 Å². The molecule has 1 aliphatic rings. The summed E-state index contributed by atoms with van der Waals surface area (Å²) < 4.78 is 24.6. The highest BCUT2D eigenvalue weighted by Crippen LogP contribution is 2.16. The molecule has 1 aromatic rings. The summed E-state index contributed by atoms with van der Waals surface area (Å²) in [5.74, 6) is -1.84. The lowest BCUT2D eigenvalue weighted by atomic mass is 10.1. The van der Waals surface area contributed by atoms with Crippen molar-refractivity contribution in [3.63, 3.8) is 0 Å².